The van der Waals surface area contributed by atoms with Gasteiger partial charge >= 0.3 is 5.97 Å². The molecule has 0 radical (unpaired) electrons. The molecule has 0 aliphatic rings. The number of nitrogen functional groups attached to an aromatic ring is 1. The van der Waals surface area contributed by atoms with Crippen molar-refractivity contribution in [3.63, 3.8) is 0 Å². The van der Waals surface area contributed by atoms with Crippen molar-refractivity contribution in [3.05, 3.63) is 52.2 Å². The summed E-state index contributed by atoms with van der Waals surface area (Å²) in [6.07, 6.45) is 1.95. The van der Waals surface area contributed by atoms with Gasteiger partial charge in [-0.15, -0.1) is 23.1 Å². The Kier molecular flexibility index (Phi) is 5.16. The number of carboxylic acid groups (broad SMARTS) is 1. The number of hydrogen-bond donors (Lipinski definition) is 3. The predicted molar refractivity (Wildman–Crippen MR) is 102 cm³/mol. The van der Waals surface area contributed by atoms with E-state index in [1.54, 1.807) is 11.8 Å². The zero-order valence-corrected chi connectivity index (χ0v) is 15.5. The zero-order chi connectivity index (χ0) is 19.6. The average molecular weight is 400 g/mol. The van der Waals surface area contributed by atoms with Gasteiger partial charge < -0.3 is 20.7 Å². The van der Waals surface area contributed by atoms with E-state index in [1.165, 1.54) is 0 Å². The van der Waals surface area contributed by atoms with Crippen molar-refractivity contribution in [1.82, 2.24) is 5.16 Å². The number of carbonyl (C=O) groups is 2. The van der Waals surface area contributed by atoms with Crippen LogP contribution in [0.1, 0.15) is 31.5 Å². The van der Waals surface area contributed by atoms with Crippen LogP contribution in [0, 0.1) is 11.3 Å². The molecule has 0 unspecified atom stereocenters. The number of anilines is 3. The van der Waals surface area contributed by atoms with Gasteiger partial charge in [0, 0.05) is 16.6 Å². The number of rotatable bonds is 6. The third kappa shape index (κ3) is 3.64. The lowest BCUT2D eigenvalue weighted by Gasteiger charge is -2.05. The highest BCUT2D eigenvalue weighted by atomic mass is 32.2. The maximum Gasteiger partial charge on any atom is 0.358 e. The number of nitrogens with two attached hydrogens (primary N) is 1. The second-order valence-corrected chi connectivity index (χ2v) is 7.13. The third-order valence-electron chi connectivity index (χ3n) is 3.54. The highest BCUT2D eigenvalue weighted by molar-refractivity contribution is 7.98. The molecule has 0 aliphatic carbocycles. The number of thioether (sulfide) groups is 1. The van der Waals surface area contributed by atoms with Gasteiger partial charge in [-0.25, -0.2) is 4.79 Å². The van der Waals surface area contributed by atoms with Crippen molar-refractivity contribution >= 4 is 51.2 Å². The van der Waals surface area contributed by atoms with E-state index in [0.29, 0.717) is 5.00 Å². The lowest BCUT2D eigenvalue weighted by atomic mass is 10.2. The Morgan fingerprint density at radius 1 is 1.41 bits per heavy atom. The summed E-state index contributed by atoms with van der Waals surface area (Å²) in [5.74, 6) is -2.22. The van der Waals surface area contributed by atoms with Crippen LogP contribution >= 0.6 is 23.1 Å². The summed E-state index contributed by atoms with van der Waals surface area (Å²) >= 11 is 2.56. The van der Waals surface area contributed by atoms with Crippen molar-refractivity contribution in [2.75, 3.05) is 17.3 Å². The van der Waals surface area contributed by atoms with Gasteiger partial charge in [0.15, 0.2) is 5.69 Å². The molecule has 0 bridgehead atoms. The molecule has 0 fully saturated rings. The number of nitrogens with one attached hydrogen (secondary N) is 1. The van der Waals surface area contributed by atoms with Gasteiger partial charge in [0.1, 0.15) is 21.5 Å². The maximum atomic E-state index is 12.6. The van der Waals surface area contributed by atoms with Crippen LogP contribution < -0.4 is 11.1 Å². The monoisotopic (exact) mass is 400 g/mol. The molecule has 10 heteroatoms. The summed E-state index contributed by atoms with van der Waals surface area (Å²) < 4.78 is 4.79. The SMILES string of the molecule is CSc1cccc(Nc2sc(C(=O)c3cc(C(=O)O)no3)c(N)c2C#N)c1. The van der Waals surface area contributed by atoms with Crippen molar-refractivity contribution in [3.8, 4) is 6.07 Å². The van der Waals surface area contributed by atoms with Gasteiger partial charge in [-0.2, -0.15) is 5.26 Å². The number of carbonyl (C=O) groups excluding carboxylic acids is 1. The number of nitrogens with zero attached hydrogens (tertiary/aromatic N) is 2. The molecule has 0 saturated heterocycles. The Balaban J connectivity index is 1.96. The standard InChI is InChI=1S/C17H12N4O4S2/c1-26-9-4-2-3-8(5-9)20-16-10(7-18)13(19)15(27-16)14(22)12-6-11(17(23)24)21-25-12/h2-6,20H,19H2,1H3,(H,23,24). The highest BCUT2D eigenvalue weighted by Crippen LogP contribution is 2.38. The minimum atomic E-state index is -1.31. The van der Waals surface area contributed by atoms with Crippen LogP contribution in [0.5, 0.6) is 0 Å². The first-order chi connectivity index (χ1) is 12.9. The molecule has 0 amide bonds. The number of carboxylic acids is 1. The fraction of sp³-hybridized carbons (Fsp3) is 0.0588. The molecule has 2 aromatic heterocycles. The van der Waals surface area contributed by atoms with Crippen LogP contribution in [0.15, 0.2) is 39.8 Å². The smallest absolute Gasteiger partial charge is 0.358 e. The quantitative estimate of drug-likeness (QED) is 0.418. The first-order valence-corrected chi connectivity index (χ1v) is 9.47. The van der Waals surface area contributed by atoms with E-state index >= 15 is 0 Å². The minimum absolute atomic E-state index is 0.00398. The van der Waals surface area contributed by atoms with E-state index in [0.717, 1.165) is 28.0 Å². The summed E-state index contributed by atoms with van der Waals surface area (Å²) in [6.45, 7) is 0. The molecule has 4 N–H and O–H groups in total. The molecular weight excluding hydrogens is 388 g/mol. The second kappa shape index (κ2) is 7.53. The van der Waals surface area contributed by atoms with Crippen molar-refractivity contribution in [2.24, 2.45) is 0 Å². The lowest BCUT2D eigenvalue weighted by Crippen LogP contribution is -2.01. The first-order valence-electron chi connectivity index (χ1n) is 7.42. The molecule has 27 heavy (non-hydrogen) atoms. The number of nitriles is 1. The number of benzene rings is 1. The molecule has 1 aromatic carbocycles. The van der Waals surface area contributed by atoms with E-state index in [2.05, 4.69) is 10.5 Å². The van der Waals surface area contributed by atoms with Gasteiger partial charge in [-0.1, -0.05) is 11.2 Å². The largest absolute Gasteiger partial charge is 0.476 e. The van der Waals surface area contributed by atoms with E-state index < -0.39 is 11.8 Å². The molecule has 0 saturated carbocycles. The van der Waals surface area contributed by atoms with E-state index in [1.807, 2.05) is 36.6 Å². The van der Waals surface area contributed by atoms with Crippen molar-refractivity contribution in [1.29, 1.82) is 5.26 Å². The Labute approximate surface area is 161 Å². The molecule has 136 valence electrons. The second-order valence-electron chi connectivity index (χ2n) is 5.23. The first kappa shape index (κ1) is 18.5. The molecule has 0 spiro atoms. The van der Waals surface area contributed by atoms with Gasteiger partial charge in [0.25, 0.3) is 0 Å². The normalized spacial score (nSPS) is 10.4. The number of ketones is 1. The van der Waals surface area contributed by atoms with Crippen LogP contribution in [-0.4, -0.2) is 28.3 Å². The number of aromatic nitrogens is 1. The molecule has 0 atom stereocenters. The van der Waals surface area contributed by atoms with Crippen molar-refractivity contribution in [2.45, 2.75) is 4.90 Å². The number of aromatic carboxylic acids is 1. The number of hydrogen-bond acceptors (Lipinski definition) is 9. The maximum absolute atomic E-state index is 12.6. The summed E-state index contributed by atoms with van der Waals surface area (Å²) in [4.78, 5) is 24.6. The summed E-state index contributed by atoms with van der Waals surface area (Å²) in [6, 6.07) is 10.5. The Morgan fingerprint density at radius 3 is 2.81 bits per heavy atom. The van der Waals surface area contributed by atoms with Gasteiger partial charge in [-0.05, 0) is 24.5 Å². The topological polar surface area (TPSA) is 142 Å². The van der Waals surface area contributed by atoms with Crippen LogP contribution in [0.4, 0.5) is 16.4 Å². The van der Waals surface area contributed by atoms with Gasteiger partial charge in [0.2, 0.25) is 11.5 Å². The molecule has 3 aromatic rings. The minimum Gasteiger partial charge on any atom is -0.476 e. The summed E-state index contributed by atoms with van der Waals surface area (Å²) in [5.41, 5.74) is 6.47. The van der Waals surface area contributed by atoms with Gasteiger partial charge in [-0.3, -0.25) is 4.79 Å². The summed E-state index contributed by atoms with van der Waals surface area (Å²) in [7, 11) is 0. The Morgan fingerprint density at radius 2 is 2.19 bits per heavy atom. The molecule has 2 heterocycles. The summed E-state index contributed by atoms with van der Waals surface area (Å²) in [5, 5.41) is 25.1. The number of thiophene rings is 1. The van der Waals surface area contributed by atoms with E-state index in [9.17, 15) is 14.9 Å². The average Bonchev–Trinajstić information content (AvgIpc) is 3.27. The fourth-order valence-corrected chi connectivity index (χ4v) is 3.73. The molecule has 0 aliphatic heterocycles. The molecule has 8 nitrogen and oxygen atoms in total. The van der Waals surface area contributed by atoms with Crippen LogP contribution in [0.25, 0.3) is 0 Å². The van der Waals surface area contributed by atoms with Crippen LogP contribution in [0.2, 0.25) is 0 Å². The zero-order valence-electron chi connectivity index (χ0n) is 13.8. The van der Waals surface area contributed by atoms with Crippen LogP contribution in [0.3, 0.4) is 0 Å². The predicted octanol–water partition coefficient (Wildman–Crippen LogP) is 3.58. The fourth-order valence-electron chi connectivity index (χ4n) is 2.24. The van der Waals surface area contributed by atoms with E-state index in [4.69, 9.17) is 15.4 Å². The van der Waals surface area contributed by atoms with E-state index in [-0.39, 0.29) is 27.6 Å². The third-order valence-corrected chi connectivity index (χ3v) is 5.39. The van der Waals surface area contributed by atoms with Crippen LogP contribution in [-0.2, 0) is 0 Å². The van der Waals surface area contributed by atoms with Crippen molar-refractivity contribution < 1.29 is 19.2 Å². The lowest BCUT2D eigenvalue weighted by molar-refractivity contribution is 0.0685. The van der Waals surface area contributed by atoms with Gasteiger partial charge in [0.05, 0.1) is 5.69 Å². The highest BCUT2D eigenvalue weighted by Gasteiger charge is 2.26. The Hall–Kier alpha value is -3.29. The molecular formula is C17H12N4O4S2. The Bertz CT molecular complexity index is 1080. The molecule has 3 rings (SSSR count).